The molecule has 29 heavy (non-hydrogen) atoms. The number of hydrogen-bond acceptors (Lipinski definition) is 3. The predicted molar refractivity (Wildman–Crippen MR) is 113 cm³/mol. The van der Waals surface area contributed by atoms with E-state index in [1.165, 1.54) is 23.3 Å². The van der Waals surface area contributed by atoms with Crippen molar-refractivity contribution in [3.63, 3.8) is 0 Å². The second-order valence-electron chi connectivity index (χ2n) is 7.75. The number of non-ortho nitro benzene ring substituents is 1. The number of carbonyl (C=O) groups excluding carboxylic acids is 1. The summed E-state index contributed by atoms with van der Waals surface area (Å²) in [5.41, 5.74) is 4.86. The molecule has 0 radical (unpaired) electrons. The molecule has 1 fully saturated rings. The highest BCUT2D eigenvalue weighted by Crippen LogP contribution is 2.59. The number of nitrogens with zero attached hydrogens (tertiary/aromatic N) is 1. The first-order valence-electron chi connectivity index (χ1n) is 9.60. The van der Waals surface area contributed by atoms with Crippen molar-refractivity contribution in [2.45, 2.75) is 25.7 Å². The summed E-state index contributed by atoms with van der Waals surface area (Å²) >= 11 is 0. The topological polar surface area (TPSA) is 72.2 Å². The molecular weight excluding hydrogens is 364 g/mol. The number of aryl methyl sites for hydroxylation is 2. The average Bonchev–Trinajstić information content (AvgIpc) is 3.46. The summed E-state index contributed by atoms with van der Waals surface area (Å²) in [7, 11) is 0. The fourth-order valence-electron chi connectivity index (χ4n) is 3.98. The van der Waals surface area contributed by atoms with Gasteiger partial charge in [0, 0.05) is 23.2 Å². The molecule has 5 nitrogen and oxygen atoms in total. The van der Waals surface area contributed by atoms with E-state index in [4.69, 9.17) is 0 Å². The minimum absolute atomic E-state index is 0.00285. The van der Waals surface area contributed by atoms with Gasteiger partial charge in [0.05, 0.1) is 10.8 Å². The molecule has 3 aromatic rings. The molecule has 5 heteroatoms. The molecule has 146 valence electrons. The van der Waals surface area contributed by atoms with Crippen molar-refractivity contribution in [1.82, 2.24) is 0 Å². The lowest BCUT2D eigenvalue weighted by atomic mass is 9.85. The van der Waals surface area contributed by atoms with Gasteiger partial charge in [-0.2, -0.15) is 0 Å². The first-order valence-corrected chi connectivity index (χ1v) is 9.60. The zero-order chi connectivity index (χ0) is 20.6. The van der Waals surface area contributed by atoms with E-state index >= 15 is 0 Å². The van der Waals surface area contributed by atoms with Crippen LogP contribution in [-0.4, -0.2) is 10.8 Å². The SMILES string of the molecule is Cc1ccc(C2(c3ccc(C)cc3)CC2C(=O)Nc2ccc([N+](=O)[O-])cc2)cc1. The number of carbonyl (C=O) groups is 1. The van der Waals surface area contributed by atoms with Crippen LogP contribution in [0.4, 0.5) is 11.4 Å². The van der Waals surface area contributed by atoms with Crippen molar-refractivity contribution in [2.24, 2.45) is 5.92 Å². The zero-order valence-corrected chi connectivity index (χ0v) is 16.4. The van der Waals surface area contributed by atoms with E-state index in [9.17, 15) is 14.9 Å². The van der Waals surface area contributed by atoms with Crippen LogP contribution < -0.4 is 5.32 Å². The van der Waals surface area contributed by atoms with Crippen LogP contribution in [0.2, 0.25) is 0 Å². The molecule has 0 bridgehead atoms. The quantitative estimate of drug-likeness (QED) is 0.486. The Labute approximate surface area is 169 Å². The summed E-state index contributed by atoms with van der Waals surface area (Å²) in [6, 6.07) is 22.7. The molecule has 1 atom stereocenters. The number of benzene rings is 3. The fourth-order valence-corrected chi connectivity index (χ4v) is 3.98. The maximum Gasteiger partial charge on any atom is 0.269 e. The lowest BCUT2D eigenvalue weighted by Crippen LogP contribution is -2.22. The highest BCUT2D eigenvalue weighted by molar-refractivity contribution is 5.97. The lowest BCUT2D eigenvalue weighted by Gasteiger charge is -2.19. The third kappa shape index (κ3) is 3.51. The van der Waals surface area contributed by atoms with E-state index < -0.39 is 4.92 Å². The molecule has 0 aromatic heterocycles. The van der Waals surface area contributed by atoms with Gasteiger partial charge in [0.15, 0.2) is 0 Å². The molecule has 0 heterocycles. The second-order valence-corrected chi connectivity index (χ2v) is 7.75. The summed E-state index contributed by atoms with van der Waals surface area (Å²) in [5, 5.41) is 13.7. The lowest BCUT2D eigenvalue weighted by molar-refractivity contribution is -0.384. The Hall–Kier alpha value is -3.47. The fraction of sp³-hybridized carbons (Fsp3) is 0.208. The van der Waals surface area contributed by atoms with E-state index in [0.717, 1.165) is 17.5 Å². The molecule has 0 saturated heterocycles. The Morgan fingerprint density at radius 1 is 0.897 bits per heavy atom. The van der Waals surface area contributed by atoms with Crippen LogP contribution in [0, 0.1) is 29.9 Å². The molecule has 3 aromatic carbocycles. The van der Waals surface area contributed by atoms with E-state index in [1.807, 2.05) is 13.8 Å². The van der Waals surface area contributed by atoms with Crippen LogP contribution in [-0.2, 0) is 10.2 Å². The summed E-state index contributed by atoms with van der Waals surface area (Å²) in [5.74, 6) is -0.261. The van der Waals surface area contributed by atoms with E-state index in [0.29, 0.717) is 5.69 Å². The highest BCUT2D eigenvalue weighted by Gasteiger charge is 2.60. The molecule has 1 amide bonds. The molecule has 0 aliphatic heterocycles. The Kier molecular flexibility index (Phi) is 4.66. The molecule has 4 rings (SSSR count). The van der Waals surface area contributed by atoms with Gasteiger partial charge in [-0.25, -0.2) is 0 Å². The maximum atomic E-state index is 13.0. The number of hydrogen-bond donors (Lipinski definition) is 1. The van der Waals surface area contributed by atoms with Gasteiger partial charge >= 0.3 is 0 Å². The van der Waals surface area contributed by atoms with Crippen LogP contribution in [0.3, 0.4) is 0 Å². The molecule has 1 unspecified atom stereocenters. The highest BCUT2D eigenvalue weighted by atomic mass is 16.6. The third-order valence-corrected chi connectivity index (χ3v) is 5.76. The number of nitrogens with one attached hydrogen (secondary N) is 1. The smallest absolute Gasteiger partial charge is 0.269 e. The van der Waals surface area contributed by atoms with Crippen molar-refractivity contribution in [3.8, 4) is 0 Å². The molecule has 1 aliphatic rings. The Morgan fingerprint density at radius 2 is 1.38 bits per heavy atom. The van der Waals surface area contributed by atoms with Crippen LogP contribution >= 0.6 is 0 Å². The van der Waals surface area contributed by atoms with E-state index in [2.05, 4.69) is 53.8 Å². The van der Waals surface area contributed by atoms with E-state index in [1.54, 1.807) is 12.1 Å². The minimum atomic E-state index is -0.452. The monoisotopic (exact) mass is 386 g/mol. The first kappa shape index (κ1) is 18.9. The van der Waals surface area contributed by atoms with Crippen LogP contribution in [0.25, 0.3) is 0 Å². The summed E-state index contributed by atoms with van der Waals surface area (Å²) in [4.78, 5) is 23.4. The Bertz CT molecular complexity index is 1010. The number of rotatable bonds is 5. The Balaban J connectivity index is 1.62. The summed E-state index contributed by atoms with van der Waals surface area (Å²) in [6.45, 7) is 4.10. The summed E-state index contributed by atoms with van der Waals surface area (Å²) in [6.07, 6.45) is 0.734. The van der Waals surface area contributed by atoms with Gasteiger partial charge in [0.2, 0.25) is 5.91 Å². The van der Waals surface area contributed by atoms with Gasteiger partial charge in [-0.1, -0.05) is 59.7 Å². The van der Waals surface area contributed by atoms with Crippen LogP contribution in [0.1, 0.15) is 28.7 Å². The average molecular weight is 386 g/mol. The predicted octanol–water partition coefficient (Wildman–Crippen LogP) is 5.16. The number of nitro groups is 1. The van der Waals surface area contributed by atoms with Gasteiger partial charge in [-0.3, -0.25) is 14.9 Å². The molecule has 1 N–H and O–H groups in total. The van der Waals surface area contributed by atoms with Gasteiger partial charge < -0.3 is 5.32 Å². The van der Waals surface area contributed by atoms with Gasteiger partial charge in [0.25, 0.3) is 5.69 Å². The maximum absolute atomic E-state index is 13.0. The largest absolute Gasteiger partial charge is 0.326 e. The van der Waals surface area contributed by atoms with Gasteiger partial charge in [-0.15, -0.1) is 0 Å². The van der Waals surface area contributed by atoms with Crippen molar-refractivity contribution < 1.29 is 9.72 Å². The normalized spacial score (nSPS) is 16.8. The number of nitro benzene ring substituents is 1. The number of amides is 1. The molecule has 1 saturated carbocycles. The van der Waals surface area contributed by atoms with E-state index in [-0.39, 0.29) is 22.9 Å². The standard InChI is InChI=1S/C24H22N2O3/c1-16-3-7-18(8-4-16)24(19-9-5-17(2)6-10-19)15-22(24)23(27)25-20-11-13-21(14-12-20)26(28)29/h3-14,22H,15H2,1-2H3,(H,25,27). The molecule has 0 spiro atoms. The zero-order valence-electron chi connectivity index (χ0n) is 16.4. The van der Waals surface area contributed by atoms with Crippen molar-refractivity contribution in [2.75, 3.05) is 5.32 Å². The van der Waals surface area contributed by atoms with Gasteiger partial charge in [-0.05, 0) is 43.5 Å². The minimum Gasteiger partial charge on any atom is -0.326 e. The van der Waals surface area contributed by atoms with Crippen molar-refractivity contribution in [3.05, 3.63) is 105 Å². The molecular formula is C24H22N2O3. The second kappa shape index (κ2) is 7.17. The molecule has 1 aliphatic carbocycles. The van der Waals surface area contributed by atoms with Crippen molar-refractivity contribution in [1.29, 1.82) is 0 Å². The van der Waals surface area contributed by atoms with Crippen LogP contribution in [0.15, 0.2) is 72.8 Å². The first-order chi connectivity index (χ1) is 13.9. The third-order valence-electron chi connectivity index (χ3n) is 5.76. The van der Waals surface area contributed by atoms with Crippen molar-refractivity contribution >= 4 is 17.3 Å². The summed E-state index contributed by atoms with van der Waals surface area (Å²) < 4.78 is 0. The van der Waals surface area contributed by atoms with Crippen LogP contribution in [0.5, 0.6) is 0 Å². The Morgan fingerprint density at radius 3 is 1.83 bits per heavy atom. The van der Waals surface area contributed by atoms with Gasteiger partial charge in [0.1, 0.15) is 0 Å². The number of anilines is 1.